The second kappa shape index (κ2) is 5.59. The van der Waals surface area contributed by atoms with Crippen LogP contribution >= 0.6 is 0 Å². The maximum Gasteiger partial charge on any atom is 0.198 e. The fraction of sp³-hybridized carbons (Fsp3) is 0.571. The zero-order chi connectivity index (χ0) is 13.0. The van der Waals surface area contributed by atoms with Crippen molar-refractivity contribution in [2.24, 2.45) is 0 Å². The van der Waals surface area contributed by atoms with Gasteiger partial charge in [0.2, 0.25) is 0 Å². The molecule has 4 nitrogen and oxygen atoms in total. The summed E-state index contributed by atoms with van der Waals surface area (Å²) in [6.07, 6.45) is 1.77. The monoisotopic (exact) mass is 252 g/mol. The molecule has 0 saturated carbocycles. The van der Waals surface area contributed by atoms with Crippen molar-refractivity contribution in [2.75, 3.05) is 27.4 Å². The average Bonchev–Trinajstić information content (AvgIpc) is 2.88. The topological polar surface area (TPSA) is 36.9 Å². The molecule has 1 saturated heterocycles. The lowest BCUT2D eigenvalue weighted by Gasteiger charge is -2.29. The molecule has 4 heteroatoms. The highest BCUT2D eigenvalue weighted by molar-refractivity contribution is 5.43. The average molecular weight is 252 g/mol. The zero-order valence-electron chi connectivity index (χ0n) is 11.2. The number of hydrogen-bond donors (Lipinski definition) is 0. The minimum Gasteiger partial charge on any atom is -0.497 e. The highest BCUT2D eigenvalue weighted by Crippen LogP contribution is 2.42. The van der Waals surface area contributed by atoms with Crippen LogP contribution in [0.3, 0.4) is 0 Å². The third kappa shape index (κ3) is 2.31. The molecular weight excluding hydrogens is 232 g/mol. The first kappa shape index (κ1) is 13.2. The summed E-state index contributed by atoms with van der Waals surface area (Å²) >= 11 is 0. The van der Waals surface area contributed by atoms with Gasteiger partial charge in [-0.1, -0.05) is 13.3 Å². The first-order valence-electron chi connectivity index (χ1n) is 6.26. The van der Waals surface area contributed by atoms with Crippen LogP contribution in [0, 0.1) is 0 Å². The molecule has 1 heterocycles. The lowest BCUT2D eigenvalue weighted by molar-refractivity contribution is -0.171. The second-order valence-electron chi connectivity index (χ2n) is 4.27. The molecule has 18 heavy (non-hydrogen) atoms. The van der Waals surface area contributed by atoms with Crippen LogP contribution in [0.25, 0.3) is 0 Å². The Morgan fingerprint density at radius 2 is 1.89 bits per heavy atom. The van der Waals surface area contributed by atoms with E-state index in [1.165, 1.54) is 0 Å². The molecule has 1 aliphatic heterocycles. The Morgan fingerprint density at radius 1 is 1.17 bits per heavy atom. The van der Waals surface area contributed by atoms with Gasteiger partial charge in [0.05, 0.1) is 33.0 Å². The van der Waals surface area contributed by atoms with Gasteiger partial charge in [0.25, 0.3) is 0 Å². The Morgan fingerprint density at radius 3 is 2.44 bits per heavy atom. The van der Waals surface area contributed by atoms with E-state index in [1.807, 2.05) is 18.2 Å². The molecule has 0 aromatic heterocycles. The van der Waals surface area contributed by atoms with Gasteiger partial charge in [0, 0.05) is 6.42 Å². The van der Waals surface area contributed by atoms with E-state index in [9.17, 15) is 0 Å². The fourth-order valence-corrected chi connectivity index (χ4v) is 2.33. The van der Waals surface area contributed by atoms with E-state index < -0.39 is 5.79 Å². The summed E-state index contributed by atoms with van der Waals surface area (Å²) in [5.41, 5.74) is 0.906. The zero-order valence-corrected chi connectivity index (χ0v) is 11.2. The van der Waals surface area contributed by atoms with Gasteiger partial charge in [-0.3, -0.25) is 0 Å². The van der Waals surface area contributed by atoms with Gasteiger partial charge in [-0.05, 0) is 18.2 Å². The molecule has 0 aliphatic carbocycles. The van der Waals surface area contributed by atoms with E-state index in [0.717, 1.165) is 29.9 Å². The van der Waals surface area contributed by atoms with Crippen LogP contribution in [-0.2, 0) is 15.3 Å². The van der Waals surface area contributed by atoms with Gasteiger partial charge < -0.3 is 18.9 Å². The molecule has 0 radical (unpaired) electrons. The molecule has 1 aliphatic rings. The highest BCUT2D eigenvalue weighted by Gasteiger charge is 2.40. The molecule has 0 spiro atoms. The third-order valence-corrected chi connectivity index (χ3v) is 3.15. The van der Waals surface area contributed by atoms with Crippen molar-refractivity contribution in [1.82, 2.24) is 0 Å². The van der Waals surface area contributed by atoms with Crippen LogP contribution in [0.15, 0.2) is 18.2 Å². The molecule has 2 rings (SSSR count). The molecule has 1 aromatic carbocycles. The Hall–Kier alpha value is -1.26. The van der Waals surface area contributed by atoms with Crippen molar-refractivity contribution in [3.8, 4) is 11.5 Å². The van der Waals surface area contributed by atoms with Crippen LogP contribution in [0.1, 0.15) is 25.3 Å². The van der Waals surface area contributed by atoms with Crippen LogP contribution in [0.4, 0.5) is 0 Å². The van der Waals surface area contributed by atoms with Crippen LogP contribution in [0.2, 0.25) is 0 Å². The van der Waals surface area contributed by atoms with E-state index in [0.29, 0.717) is 13.2 Å². The molecule has 0 amide bonds. The smallest absolute Gasteiger partial charge is 0.198 e. The Bertz CT molecular complexity index is 397. The van der Waals surface area contributed by atoms with Gasteiger partial charge in [-0.15, -0.1) is 0 Å². The van der Waals surface area contributed by atoms with E-state index >= 15 is 0 Å². The second-order valence-corrected chi connectivity index (χ2v) is 4.27. The van der Waals surface area contributed by atoms with E-state index in [2.05, 4.69) is 6.92 Å². The third-order valence-electron chi connectivity index (χ3n) is 3.15. The Labute approximate surface area is 108 Å². The van der Waals surface area contributed by atoms with Gasteiger partial charge in [-0.2, -0.15) is 0 Å². The summed E-state index contributed by atoms with van der Waals surface area (Å²) < 4.78 is 22.4. The SMILES string of the molecule is CCCC1(c2cc(OC)ccc2OC)OCCO1. The lowest BCUT2D eigenvalue weighted by Crippen LogP contribution is -2.27. The summed E-state index contributed by atoms with van der Waals surface area (Å²) in [7, 11) is 3.30. The number of benzene rings is 1. The van der Waals surface area contributed by atoms with E-state index in [-0.39, 0.29) is 0 Å². The lowest BCUT2D eigenvalue weighted by atomic mass is 9.99. The minimum absolute atomic E-state index is 0.611. The van der Waals surface area contributed by atoms with Gasteiger partial charge in [-0.25, -0.2) is 0 Å². The van der Waals surface area contributed by atoms with Crippen molar-refractivity contribution in [3.63, 3.8) is 0 Å². The molecule has 0 unspecified atom stereocenters. The molecule has 0 bridgehead atoms. The first-order chi connectivity index (χ1) is 8.75. The number of rotatable bonds is 5. The van der Waals surface area contributed by atoms with Gasteiger partial charge in [0.15, 0.2) is 5.79 Å². The summed E-state index contributed by atoms with van der Waals surface area (Å²) in [6.45, 7) is 3.33. The quantitative estimate of drug-likeness (QED) is 0.807. The minimum atomic E-state index is -0.686. The largest absolute Gasteiger partial charge is 0.497 e. The highest BCUT2D eigenvalue weighted by atomic mass is 16.7. The van der Waals surface area contributed by atoms with Crippen LogP contribution in [0.5, 0.6) is 11.5 Å². The van der Waals surface area contributed by atoms with Gasteiger partial charge >= 0.3 is 0 Å². The summed E-state index contributed by atoms with van der Waals surface area (Å²) in [4.78, 5) is 0. The van der Waals surface area contributed by atoms with Crippen molar-refractivity contribution < 1.29 is 18.9 Å². The molecule has 0 atom stereocenters. The standard InChI is InChI=1S/C14H20O4/c1-4-7-14(17-8-9-18-14)12-10-11(15-2)5-6-13(12)16-3/h5-6,10H,4,7-9H2,1-3H3. The normalized spacial score (nSPS) is 17.7. The van der Waals surface area contributed by atoms with Crippen LogP contribution in [-0.4, -0.2) is 27.4 Å². The van der Waals surface area contributed by atoms with E-state index in [1.54, 1.807) is 14.2 Å². The van der Waals surface area contributed by atoms with Crippen LogP contribution < -0.4 is 9.47 Å². The van der Waals surface area contributed by atoms with Crippen molar-refractivity contribution in [2.45, 2.75) is 25.6 Å². The molecule has 100 valence electrons. The number of methoxy groups -OCH3 is 2. The maximum absolute atomic E-state index is 5.85. The summed E-state index contributed by atoms with van der Waals surface area (Å²) in [5.74, 6) is 0.862. The predicted molar refractivity (Wildman–Crippen MR) is 68.0 cm³/mol. The van der Waals surface area contributed by atoms with Gasteiger partial charge in [0.1, 0.15) is 11.5 Å². The van der Waals surface area contributed by atoms with Crippen molar-refractivity contribution >= 4 is 0 Å². The Balaban J connectivity index is 2.44. The molecule has 0 N–H and O–H groups in total. The Kier molecular flexibility index (Phi) is 4.09. The van der Waals surface area contributed by atoms with E-state index in [4.69, 9.17) is 18.9 Å². The summed E-state index contributed by atoms with van der Waals surface area (Å²) in [5, 5.41) is 0. The first-order valence-corrected chi connectivity index (χ1v) is 6.26. The maximum atomic E-state index is 5.85. The summed E-state index contributed by atoms with van der Waals surface area (Å²) in [6, 6.07) is 5.69. The van der Waals surface area contributed by atoms with Crippen molar-refractivity contribution in [3.05, 3.63) is 23.8 Å². The molecular formula is C14H20O4. The molecule has 1 aromatic rings. The fourth-order valence-electron chi connectivity index (χ4n) is 2.33. The number of ether oxygens (including phenoxy) is 4. The number of hydrogen-bond acceptors (Lipinski definition) is 4. The van der Waals surface area contributed by atoms with Crippen molar-refractivity contribution in [1.29, 1.82) is 0 Å². The molecule has 1 fully saturated rings. The predicted octanol–water partition coefficient (Wildman–Crippen LogP) is 2.70.